The van der Waals surface area contributed by atoms with E-state index in [1.54, 1.807) is 11.8 Å². The molecule has 2 saturated heterocycles. The van der Waals surface area contributed by atoms with E-state index < -0.39 is 0 Å². The van der Waals surface area contributed by atoms with Gasteiger partial charge in [-0.25, -0.2) is 4.98 Å². The zero-order valence-corrected chi connectivity index (χ0v) is 16.9. The van der Waals surface area contributed by atoms with Crippen LogP contribution in [0.15, 0.2) is 12.5 Å². The average Bonchev–Trinajstić information content (AvgIpc) is 3.06. The minimum atomic E-state index is 0.187. The molecule has 1 aromatic heterocycles. The maximum absolute atomic E-state index is 12.4. The first kappa shape index (κ1) is 19.7. The minimum absolute atomic E-state index is 0.187. The van der Waals surface area contributed by atoms with Crippen LogP contribution in [0.25, 0.3) is 0 Å². The van der Waals surface area contributed by atoms with Gasteiger partial charge in [0.1, 0.15) is 0 Å². The van der Waals surface area contributed by atoms with E-state index in [0.29, 0.717) is 5.75 Å². The first-order chi connectivity index (χ1) is 12.6. The molecule has 1 N–H and O–H groups in total. The summed E-state index contributed by atoms with van der Waals surface area (Å²) in [6, 6.07) is 0. The number of hydrogen-bond acceptors (Lipinski definition) is 5. The van der Waals surface area contributed by atoms with Gasteiger partial charge >= 0.3 is 0 Å². The molecule has 2 aliphatic heterocycles. The third kappa shape index (κ3) is 4.26. The molecule has 7 heteroatoms. The molecule has 3 heterocycles. The van der Waals surface area contributed by atoms with Gasteiger partial charge in [-0.2, -0.15) is 11.8 Å². The molecule has 1 atom stereocenters. The van der Waals surface area contributed by atoms with Crippen molar-refractivity contribution in [2.45, 2.75) is 32.7 Å². The molecule has 1 amide bonds. The van der Waals surface area contributed by atoms with Gasteiger partial charge in [0.25, 0.3) is 0 Å². The van der Waals surface area contributed by atoms with E-state index in [1.165, 1.54) is 5.69 Å². The Morgan fingerprint density at radius 3 is 2.69 bits per heavy atom. The fourth-order valence-corrected chi connectivity index (χ4v) is 5.01. The van der Waals surface area contributed by atoms with Crippen LogP contribution in [-0.4, -0.2) is 74.7 Å². The molecule has 26 heavy (non-hydrogen) atoms. The molecule has 0 aromatic carbocycles. The Balaban J connectivity index is 1.56. The average molecular weight is 381 g/mol. The lowest BCUT2D eigenvalue weighted by molar-refractivity contribution is -0.135. The number of carbonyl (C=O) groups excluding carboxylic acids is 1. The smallest absolute Gasteiger partial charge is 0.232 e. The highest BCUT2D eigenvalue weighted by molar-refractivity contribution is 7.99. The number of thioether (sulfide) groups is 1. The molecule has 1 aromatic rings. The number of aliphatic hydroxyl groups excluding tert-OH is 1. The molecular formula is C19H32N4O2S. The van der Waals surface area contributed by atoms with E-state index in [0.717, 1.165) is 57.7 Å². The Morgan fingerprint density at radius 1 is 1.35 bits per heavy atom. The zero-order valence-electron chi connectivity index (χ0n) is 16.1. The molecule has 0 radical (unpaired) electrons. The second-order valence-corrected chi connectivity index (χ2v) is 9.02. The van der Waals surface area contributed by atoms with E-state index in [9.17, 15) is 9.90 Å². The summed E-state index contributed by atoms with van der Waals surface area (Å²) in [7, 11) is 2.04. The maximum Gasteiger partial charge on any atom is 0.232 e. The van der Waals surface area contributed by atoms with Crippen LogP contribution in [0.4, 0.5) is 0 Å². The first-order valence-corrected chi connectivity index (χ1v) is 10.9. The number of amides is 1. The van der Waals surface area contributed by atoms with Gasteiger partial charge < -0.3 is 14.6 Å². The summed E-state index contributed by atoms with van der Waals surface area (Å²) in [4.78, 5) is 21.0. The second-order valence-electron chi connectivity index (χ2n) is 7.74. The maximum atomic E-state index is 12.4. The molecular weight excluding hydrogens is 348 g/mol. The van der Waals surface area contributed by atoms with Gasteiger partial charge in [-0.15, -0.1) is 0 Å². The number of aromatic nitrogens is 2. The van der Waals surface area contributed by atoms with Crippen molar-refractivity contribution in [1.82, 2.24) is 19.4 Å². The van der Waals surface area contributed by atoms with Crippen LogP contribution >= 0.6 is 11.8 Å². The van der Waals surface area contributed by atoms with Gasteiger partial charge in [0, 0.05) is 45.4 Å². The van der Waals surface area contributed by atoms with Crippen molar-refractivity contribution in [2.24, 2.45) is 18.4 Å². The molecule has 2 aliphatic rings. The first-order valence-electron chi connectivity index (χ1n) is 9.72. The van der Waals surface area contributed by atoms with E-state index in [2.05, 4.69) is 21.4 Å². The number of aryl methyl sites for hydroxylation is 1. The fourth-order valence-electron chi connectivity index (χ4n) is 4.45. The summed E-state index contributed by atoms with van der Waals surface area (Å²) in [5.74, 6) is 1.99. The topological polar surface area (TPSA) is 61.6 Å². The monoisotopic (exact) mass is 380 g/mol. The van der Waals surface area contributed by atoms with E-state index >= 15 is 0 Å². The lowest BCUT2D eigenvalue weighted by Crippen LogP contribution is -2.54. The van der Waals surface area contributed by atoms with Crippen LogP contribution in [-0.2, 0) is 18.4 Å². The molecule has 0 unspecified atom stereocenters. The summed E-state index contributed by atoms with van der Waals surface area (Å²) in [6.45, 7) is 6.89. The molecule has 2 fully saturated rings. The largest absolute Gasteiger partial charge is 0.396 e. The number of piperidine rings is 2. The molecule has 0 saturated carbocycles. The van der Waals surface area contributed by atoms with Gasteiger partial charge in [0.15, 0.2) is 0 Å². The highest BCUT2D eigenvalue weighted by Gasteiger charge is 2.45. The Kier molecular flexibility index (Phi) is 6.64. The van der Waals surface area contributed by atoms with Crippen LogP contribution in [0.1, 0.15) is 31.9 Å². The van der Waals surface area contributed by atoms with Crippen LogP contribution < -0.4 is 0 Å². The van der Waals surface area contributed by atoms with Gasteiger partial charge in [-0.3, -0.25) is 9.69 Å². The van der Waals surface area contributed by atoms with Crippen molar-refractivity contribution in [1.29, 1.82) is 0 Å². The van der Waals surface area contributed by atoms with Gasteiger partial charge in [-0.05, 0) is 43.5 Å². The molecule has 146 valence electrons. The van der Waals surface area contributed by atoms with Crippen molar-refractivity contribution in [3.05, 3.63) is 18.2 Å². The molecule has 6 nitrogen and oxygen atoms in total. The highest BCUT2D eigenvalue weighted by atomic mass is 32.2. The highest BCUT2D eigenvalue weighted by Crippen LogP contribution is 2.45. The Hall–Kier alpha value is -1.05. The number of rotatable bonds is 6. The van der Waals surface area contributed by atoms with E-state index in [-0.39, 0.29) is 23.8 Å². The standard InChI is InChI=1S/C19H32N4O2S/c1-3-26-14-18(25)23-9-6-19(16(11-23)13-24)4-7-22(8-5-19)12-17-10-20-15-21(17)2/h10,15-16,24H,3-9,11-14H2,1-2H3/t16-/m0/s1. The second kappa shape index (κ2) is 8.76. The fraction of sp³-hybridized carbons (Fsp3) is 0.789. The van der Waals surface area contributed by atoms with Gasteiger partial charge in [0.2, 0.25) is 5.91 Å². The van der Waals surface area contributed by atoms with Crippen molar-refractivity contribution in [3.8, 4) is 0 Å². The zero-order chi connectivity index (χ0) is 18.6. The number of carbonyl (C=O) groups is 1. The Labute approximate surface area is 160 Å². The number of likely N-dealkylation sites (tertiary alicyclic amines) is 2. The number of nitrogens with zero attached hydrogens (tertiary/aromatic N) is 4. The quantitative estimate of drug-likeness (QED) is 0.812. The summed E-state index contributed by atoms with van der Waals surface area (Å²) < 4.78 is 2.08. The predicted molar refractivity (Wildman–Crippen MR) is 105 cm³/mol. The summed E-state index contributed by atoms with van der Waals surface area (Å²) in [5, 5.41) is 10.0. The van der Waals surface area contributed by atoms with Crippen molar-refractivity contribution < 1.29 is 9.90 Å². The van der Waals surface area contributed by atoms with Crippen LogP contribution in [0, 0.1) is 11.3 Å². The van der Waals surface area contributed by atoms with Crippen LogP contribution in [0.3, 0.4) is 0 Å². The van der Waals surface area contributed by atoms with Crippen molar-refractivity contribution in [3.63, 3.8) is 0 Å². The summed E-state index contributed by atoms with van der Waals surface area (Å²) in [5.41, 5.74) is 1.44. The van der Waals surface area contributed by atoms with Crippen molar-refractivity contribution >= 4 is 17.7 Å². The molecule has 0 bridgehead atoms. The molecule has 0 aliphatic carbocycles. The van der Waals surface area contributed by atoms with Crippen LogP contribution in [0.5, 0.6) is 0 Å². The lowest BCUT2D eigenvalue weighted by Gasteiger charge is -2.51. The van der Waals surface area contributed by atoms with Gasteiger partial charge in [-0.1, -0.05) is 6.92 Å². The van der Waals surface area contributed by atoms with Crippen LogP contribution in [0.2, 0.25) is 0 Å². The number of imidazole rings is 1. The molecule has 3 rings (SSSR count). The van der Waals surface area contributed by atoms with Gasteiger partial charge in [0.05, 0.1) is 17.8 Å². The number of hydrogen-bond donors (Lipinski definition) is 1. The summed E-state index contributed by atoms with van der Waals surface area (Å²) >= 11 is 1.68. The van der Waals surface area contributed by atoms with E-state index in [1.807, 2.05) is 24.5 Å². The third-order valence-electron chi connectivity index (χ3n) is 6.34. The van der Waals surface area contributed by atoms with E-state index in [4.69, 9.17) is 0 Å². The third-order valence-corrected chi connectivity index (χ3v) is 7.20. The SMILES string of the molecule is CCSCC(=O)N1CCC2(CCN(Cc3cncn3C)CC2)[C@H](CO)C1. The lowest BCUT2D eigenvalue weighted by atomic mass is 9.64. The normalized spacial score (nSPS) is 23.5. The summed E-state index contributed by atoms with van der Waals surface area (Å²) in [6.07, 6.45) is 7.05. The minimum Gasteiger partial charge on any atom is -0.396 e. The predicted octanol–water partition coefficient (Wildman–Crippen LogP) is 1.60. The Bertz CT molecular complexity index is 598. The van der Waals surface area contributed by atoms with Crippen molar-refractivity contribution in [2.75, 3.05) is 44.3 Å². The Morgan fingerprint density at radius 2 is 2.08 bits per heavy atom. The number of aliphatic hydroxyl groups is 1. The molecule has 1 spiro atoms.